The van der Waals surface area contributed by atoms with Gasteiger partial charge in [-0.1, -0.05) is 41.9 Å². The van der Waals surface area contributed by atoms with Crippen molar-refractivity contribution >= 4 is 32.2 Å². The minimum Gasteiger partial charge on any atom is -0.244 e. The molecule has 3 nitrogen and oxygen atoms in total. The van der Waals surface area contributed by atoms with Gasteiger partial charge in [0, 0.05) is 22.0 Å². The second-order valence-corrected chi connectivity index (χ2v) is 6.60. The molecule has 0 fully saturated rings. The van der Waals surface area contributed by atoms with E-state index in [1.54, 1.807) is 42.5 Å². The Bertz CT molecular complexity index is 877. The van der Waals surface area contributed by atoms with Gasteiger partial charge >= 0.3 is 0 Å². The van der Waals surface area contributed by atoms with Crippen LogP contribution < -0.4 is 0 Å². The summed E-state index contributed by atoms with van der Waals surface area (Å²) in [4.78, 5) is 4.27. The molecule has 1 heterocycles. The minimum atomic E-state index is -3.62. The van der Waals surface area contributed by atoms with E-state index >= 15 is 0 Å². The van der Waals surface area contributed by atoms with Crippen molar-refractivity contribution in [2.24, 2.45) is 0 Å². The van der Waals surface area contributed by atoms with Crippen molar-refractivity contribution in [3.05, 3.63) is 65.8 Å². The van der Waals surface area contributed by atoms with Crippen LogP contribution in [0, 0.1) is 0 Å². The lowest BCUT2D eigenvalue weighted by molar-refractivity contribution is 0.592. The third-order valence-corrected chi connectivity index (χ3v) is 5.01. The number of hydrogen-bond acceptors (Lipinski definition) is 3. The number of sulfone groups is 1. The van der Waals surface area contributed by atoms with Crippen molar-refractivity contribution in [2.45, 2.75) is 9.92 Å². The van der Waals surface area contributed by atoms with E-state index in [4.69, 9.17) is 11.6 Å². The fourth-order valence-corrected chi connectivity index (χ4v) is 3.44. The van der Waals surface area contributed by atoms with Gasteiger partial charge in [0.05, 0.1) is 4.90 Å². The molecule has 1 aromatic heterocycles. The molecule has 3 rings (SSSR count). The first-order valence-electron chi connectivity index (χ1n) is 5.93. The summed E-state index contributed by atoms with van der Waals surface area (Å²) < 4.78 is 25.0. The summed E-state index contributed by atoms with van der Waals surface area (Å²) in [6, 6.07) is 15.1. The Morgan fingerprint density at radius 3 is 2.45 bits per heavy atom. The number of hydrogen-bond donors (Lipinski definition) is 0. The van der Waals surface area contributed by atoms with Crippen LogP contribution in [0.2, 0.25) is 5.02 Å². The van der Waals surface area contributed by atoms with Gasteiger partial charge in [-0.05, 0) is 24.3 Å². The third kappa shape index (κ3) is 2.17. The summed E-state index contributed by atoms with van der Waals surface area (Å²) in [6.45, 7) is 0. The number of rotatable bonds is 2. The van der Waals surface area contributed by atoms with Crippen molar-refractivity contribution in [1.29, 1.82) is 0 Å². The molecule has 0 radical (unpaired) electrons. The van der Waals surface area contributed by atoms with E-state index < -0.39 is 9.84 Å². The van der Waals surface area contributed by atoms with E-state index in [9.17, 15) is 8.42 Å². The summed E-state index contributed by atoms with van der Waals surface area (Å²) in [6.07, 6.45) is 1.52. The van der Waals surface area contributed by atoms with Crippen LogP contribution in [0.25, 0.3) is 10.8 Å². The highest BCUT2D eigenvalue weighted by Crippen LogP contribution is 2.26. The quantitative estimate of drug-likeness (QED) is 0.725. The van der Waals surface area contributed by atoms with Crippen LogP contribution in [0.15, 0.2) is 70.7 Å². The Labute approximate surface area is 121 Å². The molecule has 0 N–H and O–H groups in total. The van der Waals surface area contributed by atoms with Crippen molar-refractivity contribution in [2.75, 3.05) is 0 Å². The maximum Gasteiger partial charge on any atom is 0.223 e. The monoisotopic (exact) mass is 303 g/mol. The van der Waals surface area contributed by atoms with Crippen molar-refractivity contribution < 1.29 is 8.42 Å². The molecular weight excluding hydrogens is 294 g/mol. The number of aromatic nitrogens is 1. The average molecular weight is 304 g/mol. The maximum absolute atomic E-state index is 12.5. The van der Waals surface area contributed by atoms with E-state index in [0.717, 1.165) is 5.39 Å². The fourth-order valence-electron chi connectivity index (χ4n) is 1.98. The molecule has 0 amide bonds. The van der Waals surface area contributed by atoms with Crippen LogP contribution in [-0.2, 0) is 9.84 Å². The first-order chi connectivity index (χ1) is 9.59. The van der Waals surface area contributed by atoms with E-state index in [2.05, 4.69) is 4.98 Å². The molecular formula is C15H10ClNO2S. The molecule has 5 heteroatoms. The van der Waals surface area contributed by atoms with Gasteiger partial charge < -0.3 is 0 Å². The first kappa shape index (κ1) is 13.1. The second kappa shape index (κ2) is 4.89. The molecule has 0 saturated carbocycles. The van der Waals surface area contributed by atoms with Crippen molar-refractivity contribution in [3.8, 4) is 0 Å². The number of benzene rings is 2. The predicted octanol–water partition coefficient (Wildman–Crippen LogP) is 3.72. The van der Waals surface area contributed by atoms with Crippen molar-refractivity contribution in [3.63, 3.8) is 0 Å². The molecule has 0 saturated heterocycles. The van der Waals surface area contributed by atoms with Crippen LogP contribution >= 0.6 is 11.6 Å². The van der Waals surface area contributed by atoms with Gasteiger partial charge in [0.15, 0.2) is 5.03 Å². The highest BCUT2D eigenvalue weighted by Gasteiger charge is 2.19. The lowest BCUT2D eigenvalue weighted by atomic mass is 10.2. The van der Waals surface area contributed by atoms with Gasteiger partial charge in [-0.15, -0.1) is 0 Å². The van der Waals surface area contributed by atoms with Gasteiger partial charge in [0.2, 0.25) is 9.84 Å². The van der Waals surface area contributed by atoms with Gasteiger partial charge in [-0.25, -0.2) is 13.4 Å². The lowest BCUT2D eigenvalue weighted by Gasteiger charge is -2.06. The van der Waals surface area contributed by atoms with E-state index in [1.807, 2.05) is 6.07 Å². The molecule has 3 aromatic rings. The summed E-state index contributed by atoms with van der Waals surface area (Å²) in [5.41, 5.74) is 0. The highest BCUT2D eigenvalue weighted by molar-refractivity contribution is 7.91. The van der Waals surface area contributed by atoms with E-state index in [-0.39, 0.29) is 9.92 Å². The zero-order valence-corrected chi connectivity index (χ0v) is 11.9. The van der Waals surface area contributed by atoms with E-state index in [0.29, 0.717) is 10.4 Å². The second-order valence-electron chi connectivity index (χ2n) is 4.30. The van der Waals surface area contributed by atoms with Crippen LogP contribution in [0.5, 0.6) is 0 Å². The van der Waals surface area contributed by atoms with Gasteiger partial charge in [0.25, 0.3) is 0 Å². The molecule has 2 aromatic carbocycles. The van der Waals surface area contributed by atoms with Crippen LogP contribution in [0.4, 0.5) is 0 Å². The summed E-state index contributed by atoms with van der Waals surface area (Å²) in [7, 11) is -3.62. The van der Waals surface area contributed by atoms with Gasteiger partial charge in [-0.3, -0.25) is 0 Å². The number of pyridine rings is 1. The Morgan fingerprint density at radius 1 is 0.950 bits per heavy atom. The first-order valence-corrected chi connectivity index (χ1v) is 7.79. The molecule has 0 aliphatic carbocycles. The average Bonchev–Trinajstić information content (AvgIpc) is 2.48. The largest absolute Gasteiger partial charge is 0.244 e. The van der Waals surface area contributed by atoms with E-state index in [1.165, 1.54) is 12.3 Å². The minimum absolute atomic E-state index is 0.00398. The molecule has 0 atom stereocenters. The topological polar surface area (TPSA) is 47.0 Å². The highest BCUT2D eigenvalue weighted by atomic mass is 35.5. The molecule has 0 unspecified atom stereocenters. The SMILES string of the molecule is O=S(=O)(c1ccccc1)c1cc2c(Cl)cccc2cn1. The zero-order valence-electron chi connectivity index (χ0n) is 10.3. The standard InChI is InChI=1S/C15H10ClNO2S/c16-14-8-4-5-11-10-17-15(9-13(11)14)20(18,19)12-6-2-1-3-7-12/h1-10H. The maximum atomic E-state index is 12.5. The van der Waals surface area contributed by atoms with Crippen LogP contribution in [0.3, 0.4) is 0 Å². The van der Waals surface area contributed by atoms with Crippen LogP contribution in [0.1, 0.15) is 0 Å². The number of halogens is 1. The summed E-state index contributed by atoms with van der Waals surface area (Å²) in [5, 5.41) is 2.00. The molecule has 0 bridgehead atoms. The lowest BCUT2D eigenvalue weighted by Crippen LogP contribution is -2.04. The Balaban J connectivity index is 2.23. The third-order valence-electron chi connectivity index (χ3n) is 3.01. The predicted molar refractivity (Wildman–Crippen MR) is 78.6 cm³/mol. The number of nitrogens with zero attached hydrogens (tertiary/aromatic N) is 1. The molecule has 0 spiro atoms. The van der Waals surface area contributed by atoms with Gasteiger partial charge in [0.1, 0.15) is 0 Å². The summed E-state index contributed by atoms with van der Waals surface area (Å²) in [5.74, 6) is 0. The van der Waals surface area contributed by atoms with Crippen LogP contribution in [-0.4, -0.2) is 13.4 Å². The van der Waals surface area contributed by atoms with Gasteiger partial charge in [-0.2, -0.15) is 0 Å². The summed E-state index contributed by atoms with van der Waals surface area (Å²) >= 11 is 6.10. The molecule has 0 aliphatic heterocycles. The molecule has 0 aliphatic rings. The Hall–Kier alpha value is -1.91. The molecule has 20 heavy (non-hydrogen) atoms. The fraction of sp³-hybridized carbons (Fsp3) is 0. The molecule has 100 valence electrons. The number of fused-ring (bicyclic) bond motifs is 1. The Morgan fingerprint density at radius 2 is 1.70 bits per heavy atom. The zero-order chi connectivity index (χ0) is 14.2. The van der Waals surface area contributed by atoms with Crippen molar-refractivity contribution in [1.82, 2.24) is 4.98 Å². The Kier molecular flexibility index (Phi) is 3.20. The smallest absolute Gasteiger partial charge is 0.223 e. The normalized spacial score (nSPS) is 11.7.